The SMILES string of the molecule is CCOC(OCC)C1CCCC=C1O[Si](C)(C)C. The minimum atomic E-state index is -1.56. The van der Waals surface area contributed by atoms with Gasteiger partial charge in [0.05, 0.1) is 11.7 Å². The highest BCUT2D eigenvalue weighted by atomic mass is 28.4. The van der Waals surface area contributed by atoms with Crippen LogP contribution in [0.3, 0.4) is 0 Å². The summed E-state index contributed by atoms with van der Waals surface area (Å²) in [6.45, 7) is 12.0. The van der Waals surface area contributed by atoms with Gasteiger partial charge in [-0.1, -0.05) is 0 Å². The van der Waals surface area contributed by atoms with Gasteiger partial charge in [-0.25, -0.2) is 0 Å². The van der Waals surface area contributed by atoms with Gasteiger partial charge in [-0.2, -0.15) is 0 Å². The molecule has 0 radical (unpaired) electrons. The van der Waals surface area contributed by atoms with Crippen LogP contribution in [0.15, 0.2) is 11.8 Å². The molecule has 1 unspecified atom stereocenters. The third kappa shape index (κ3) is 5.12. The molecule has 1 aliphatic rings. The molecule has 0 saturated carbocycles. The van der Waals surface area contributed by atoms with E-state index in [1.54, 1.807) is 0 Å². The summed E-state index contributed by atoms with van der Waals surface area (Å²) in [5.41, 5.74) is 0. The number of hydrogen-bond donors (Lipinski definition) is 0. The van der Waals surface area contributed by atoms with E-state index in [0.29, 0.717) is 13.2 Å². The smallest absolute Gasteiger partial charge is 0.241 e. The van der Waals surface area contributed by atoms with Gasteiger partial charge >= 0.3 is 0 Å². The van der Waals surface area contributed by atoms with E-state index in [4.69, 9.17) is 13.9 Å². The summed E-state index contributed by atoms with van der Waals surface area (Å²) in [7, 11) is -1.56. The van der Waals surface area contributed by atoms with E-state index in [2.05, 4.69) is 25.7 Å². The number of rotatable bonds is 7. The molecular weight excluding hydrogens is 244 g/mol. The first-order valence-electron chi connectivity index (χ1n) is 7.10. The molecule has 0 aromatic heterocycles. The molecular formula is C14H28O3Si. The van der Waals surface area contributed by atoms with Crippen molar-refractivity contribution in [3.63, 3.8) is 0 Å². The molecule has 0 aromatic rings. The Bertz CT molecular complexity index is 265. The van der Waals surface area contributed by atoms with Crippen molar-refractivity contribution >= 4 is 8.32 Å². The summed E-state index contributed by atoms with van der Waals surface area (Å²) in [5, 5.41) is 0. The van der Waals surface area contributed by atoms with Crippen molar-refractivity contribution in [2.24, 2.45) is 5.92 Å². The standard InChI is InChI=1S/C14H28O3Si/c1-6-15-14(16-7-2)12-10-8-9-11-13(12)17-18(3,4)5/h11-12,14H,6-10H2,1-5H3. The number of ether oxygens (including phenoxy) is 2. The topological polar surface area (TPSA) is 27.7 Å². The van der Waals surface area contributed by atoms with Gasteiger partial charge in [0.15, 0.2) is 6.29 Å². The summed E-state index contributed by atoms with van der Waals surface area (Å²) in [6, 6.07) is 0. The maximum Gasteiger partial charge on any atom is 0.241 e. The third-order valence-corrected chi connectivity index (χ3v) is 3.69. The van der Waals surface area contributed by atoms with Crippen molar-refractivity contribution < 1.29 is 13.9 Å². The van der Waals surface area contributed by atoms with E-state index in [-0.39, 0.29) is 12.2 Å². The Balaban J connectivity index is 2.75. The van der Waals surface area contributed by atoms with Crippen LogP contribution in [0.2, 0.25) is 19.6 Å². The van der Waals surface area contributed by atoms with E-state index in [9.17, 15) is 0 Å². The molecule has 3 nitrogen and oxygen atoms in total. The Kier molecular flexibility index (Phi) is 6.39. The van der Waals surface area contributed by atoms with E-state index in [0.717, 1.165) is 18.6 Å². The monoisotopic (exact) mass is 272 g/mol. The molecule has 4 heteroatoms. The van der Waals surface area contributed by atoms with Gasteiger partial charge in [-0.15, -0.1) is 0 Å². The summed E-state index contributed by atoms with van der Waals surface area (Å²) in [4.78, 5) is 0. The third-order valence-electron chi connectivity index (χ3n) is 2.84. The Labute approximate surface area is 113 Å². The van der Waals surface area contributed by atoms with Crippen molar-refractivity contribution in [2.45, 2.75) is 59.0 Å². The first kappa shape index (κ1) is 15.7. The molecule has 0 fully saturated rings. The molecule has 106 valence electrons. The lowest BCUT2D eigenvalue weighted by molar-refractivity contribution is -0.166. The zero-order valence-corrected chi connectivity index (χ0v) is 13.5. The van der Waals surface area contributed by atoms with Crippen molar-refractivity contribution in [1.82, 2.24) is 0 Å². The van der Waals surface area contributed by atoms with E-state index < -0.39 is 8.32 Å². The van der Waals surface area contributed by atoms with E-state index in [1.807, 2.05) is 13.8 Å². The Morgan fingerprint density at radius 2 is 1.83 bits per heavy atom. The van der Waals surface area contributed by atoms with Crippen LogP contribution in [0.25, 0.3) is 0 Å². The summed E-state index contributed by atoms with van der Waals surface area (Å²) >= 11 is 0. The predicted molar refractivity (Wildman–Crippen MR) is 76.9 cm³/mol. The molecule has 0 spiro atoms. The normalized spacial score (nSPS) is 21.0. The Hall–Kier alpha value is -0.323. The van der Waals surface area contributed by atoms with Crippen LogP contribution in [-0.4, -0.2) is 27.8 Å². The lowest BCUT2D eigenvalue weighted by Gasteiger charge is -2.34. The zero-order valence-electron chi connectivity index (χ0n) is 12.5. The fourth-order valence-electron chi connectivity index (χ4n) is 2.23. The lowest BCUT2D eigenvalue weighted by atomic mass is 9.93. The van der Waals surface area contributed by atoms with Crippen molar-refractivity contribution in [3.05, 3.63) is 11.8 Å². The molecule has 0 bridgehead atoms. The van der Waals surface area contributed by atoms with Crippen LogP contribution in [0.4, 0.5) is 0 Å². The second-order valence-corrected chi connectivity index (χ2v) is 10.1. The maximum absolute atomic E-state index is 6.20. The zero-order chi connectivity index (χ0) is 13.6. The molecule has 0 amide bonds. The molecule has 0 aromatic carbocycles. The fraction of sp³-hybridized carbons (Fsp3) is 0.857. The largest absolute Gasteiger partial charge is 0.547 e. The van der Waals surface area contributed by atoms with Crippen LogP contribution >= 0.6 is 0 Å². The summed E-state index contributed by atoms with van der Waals surface area (Å²) < 4.78 is 17.7. The quantitative estimate of drug-likeness (QED) is 0.519. The van der Waals surface area contributed by atoms with Crippen LogP contribution in [0.1, 0.15) is 33.1 Å². The van der Waals surface area contributed by atoms with Crippen LogP contribution in [-0.2, 0) is 13.9 Å². The molecule has 0 aliphatic heterocycles. The maximum atomic E-state index is 6.20. The summed E-state index contributed by atoms with van der Waals surface area (Å²) in [6.07, 6.45) is 5.49. The molecule has 18 heavy (non-hydrogen) atoms. The molecule has 1 rings (SSSR count). The Morgan fingerprint density at radius 1 is 1.22 bits per heavy atom. The van der Waals surface area contributed by atoms with Gasteiger partial charge in [-0.3, -0.25) is 0 Å². The highest BCUT2D eigenvalue weighted by Crippen LogP contribution is 2.32. The van der Waals surface area contributed by atoms with Crippen molar-refractivity contribution in [3.8, 4) is 0 Å². The van der Waals surface area contributed by atoms with Gasteiger partial charge in [-0.05, 0) is 58.8 Å². The molecule has 1 aliphatic carbocycles. The van der Waals surface area contributed by atoms with Gasteiger partial charge in [0.25, 0.3) is 0 Å². The minimum Gasteiger partial charge on any atom is -0.547 e. The van der Waals surface area contributed by atoms with Crippen LogP contribution < -0.4 is 0 Å². The molecule has 0 N–H and O–H groups in total. The predicted octanol–water partition coefficient (Wildman–Crippen LogP) is 3.92. The summed E-state index contributed by atoms with van der Waals surface area (Å²) in [5.74, 6) is 1.37. The second-order valence-electron chi connectivity index (χ2n) is 5.64. The van der Waals surface area contributed by atoms with Crippen molar-refractivity contribution in [2.75, 3.05) is 13.2 Å². The van der Waals surface area contributed by atoms with Gasteiger partial charge < -0.3 is 13.9 Å². The number of allylic oxidation sites excluding steroid dienone is 1. The average Bonchev–Trinajstić information content (AvgIpc) is 2.27. The Morgan fingerprint density at radius 3 is 2.33 bits per heavy atom. The van der Waals surface area contributed by atoms with E-state index >= 15 is 0 Å². The van der Waals surface area contributed by atoms with E-state index in [1.165, 1.54) is 6.42 Å². The molecule has 0 saturated heterocycles. The molecule has 1 atom stereocenters. The van der Waals surface area contributed by atoms with Crippen LogP contribution in [0, 0.1) is 5.92 Å². The first-order chi connectivity index (χ1) is 8.48. The van der Waals surface area contributed by atoms with Gasteiger partial charge in [0.2, 0.25) is 8.32 Å². The van der Waals surface area contributed by atoms with Crippen molar-refractivity contribution in [1.29, 1.82) is 0 Å². The fourth-order valence-corrected chi connectivity index (χ4v) is 3.17. The van der Waals surface area contributed by atoms with Gasteiger partial charge in [0.1, 0.15) is 0 Å². The lowest BCUT2D eigenvalue weighted by Crippen LogP contribution is -2.35. The highest BCUT2D eigenvalue weighted by molar-refractivity contribution is 6.70. The average molecular weight is 272 g/mol. The highest BCUT2D eigenvalue weighted by Gasteiger charge is 2.31. The second kappa shape index (κ2) is 7.31. The number of hydrogen-bond acceptors (Lipinski definition) is 3. The minimum absolute atomic E-state index is 0.150. The molecule has 0 heterocycles. The van der Waals surface area contributed by atoms with Crippen LogP contribution in [0.5, 0.6) is 0 Å². The van der Waals surface area contributed by atoms with Gasteiger partial charge in [0, 0.05) is 13.2 Å². The first-order valence-corrected chi connectivity index (χ1v) is 10.5.